The van der Waals surface area contributed by atoms with Gasteiger partial charge in [-0.1, -0.05) is 0 Å². The summed E-state index contributed by atoms with van der Waals surface area (Å²) in [4.78, 5) is 18.5. The highest BCUT2D eigenvalue weighted by atomic mass is 32.2. The van der Waals surface area contributed by atoms with Crippen molar-refractivity contribution < 1.29 is 13.2 Å². The number of sulfonamides is 1. The quantitative estimate of drug-likeness (QED) is 0.799. The van der Waals surface area contributed by atoms with Crippen molar-refractivity contribution >= 4 is 27.3 Å². The molecule has 3 heterocycles. The van der Waals surface area contributed by atoms with Gasteiger partial charge in [-0.25, -0.2) is 13.4 Å². The fourth-order valence-corrected chi connectivity index (χ4v) is 4.53. The van der Waals surface area contributed by atoms with Gasteiger partial charge in [0.25, 0.3) is 5.91 Å². The standard InChI is InChI=1S/C12H17N3O3S2/c1-8-13-10(7-19-8)12(16)15-4-3-9-5-14(6-11(9)15)20(2,17)18/h7,9,11H,3-6H2,1-2H3/t9-,11+/m0/s1. The SMILES string of the molecule is Cc1nc(C(=O)N2CC[C@H]3CN(S(C)(=O)=O)C[C@H]32)cs1. The van der Waals surface area contributed by atoms with E-state index in [-0.39, 0.29) is 17.9 Å². The summed E-state index contributed by atoms with van der Waals surface area (Å²) in [5, 5.41) is 2.64. The van der Waals surface area contributed by atoms with Crippen molar-refractivity contribution in [1.82, 2.24) is 14.2 Å². The van der Waals surface area contributed by atoms with E-state index in [0.29, 0.717) is 25.3 Å². The van der Waals surface area contributed by atoms with Crippen molar-refractivity contribution in [3.8, 4) is 0 Å². The molecule has 8 heteroatoms. The van der Waals surface area contributed by atoms with Crippen LogP contribution in [-0.4, -0.2) is 60.4 Å². The molecule has 1 amide bonds. The van der Waals surface area contributed by atoms with Gasteiger partial charge in [0.05, 0.1) is 11.3 Å². The number of carbonyl (C=O) groups excluding carboxylic acids is 1. The van der Waals surface area contributed by atoms with Crippen LogP contribution in [0.3, 0.4) is 0 Å². The van der Waals surface area contributed by atoms with Crippen molar-refractivity contribution in [1.29, 1.82) is 0 Å². The van der Waals surface area contributed by atoms with E-state index in [1.807, 2.05) is 6.92 Å². The second-order valence-electron chi connectivity index (χ2n) is 5.45. The van der Waals surface area contributed by atoms with Crippen LogP contribution in [-0.2, 0) is 10.0 Å². The number of amides is 1. The highest BCUT2D eigenvalue weighted by Gasteiger charge is 2.46. The maximum absolute atomic E-state index is 12.5. The van der Waals surface area contributed by atoms with Gasteiger partial charge in [0.15, 0.2) is 0 Å². The van der Waals surface area contributed by atoms with Crippen molar-refractivity contribution in [2.75, 3.05) is 25.9 Å². The topological polar surface area (TPSA) is 70.6 Å². The van der Waals surface area contributed by atoms with Crippen LogP contribution in [0.4, 0.5) is 0 Å². The van der Waals surface area contributed by atoms with Crippen LogP contribution in [0.2, 0.25) is 0 Å². The zero-order chi connectivity index (χ0) is 14.5. The number of aryl methyl sites for hydroxylation is 1. The van der Waals surface area contributed by atoms with Crippen LogP contribution in [0.15, 0.2) is 5.38 Å². The molecule has 6 nitrogen and oxygen atoms in total. The van der Waals surface area contributed by atoms with Crippen molar-refractivity contribution in [3.05, 3.63) is 16.1 Å². The second-order valence-corrected chi connectivity index (χ2v) is 8.49. The predicted octanol–water partition coefficient (Wildman–Crippen LogP) is 0.557. The Balaban J connectivity index is 1.78. The Bertz CT molecular complexity index is 640. The summed E-state index contributed by atoms with van der Waals surface area (Å²) in [6.07, 6.45) is 2.09. The maximum atomic E-state index is 12.5. The number of fused-ring (bicyclic) bond motifs is 1. The Hall–Kier alpha value is -0.990. The molecule has 2 saturated heterocycles. The molecule has 0 radical (unpaired) electrons. The molecule has 0 bridgehead atoms. The number of aromatic nitrogens is 1. The molecule has 0 aromatic carbocycles. The second kappa shape index (κ2) is 4.78. The van der Waals surface area contributed by atoms with E-state index < -0.39 is 10.0 Å². The van der Waals surface area contributed by atoms with Gasteiger partial charge in [0.1, 0.15) is 5.69 Å². The summed E-state index contributed by atoms with van der Waals surface area (Å²) in [5.41, 5.74) is 0.478. The van der Waals surface area contributed by atoms with E-state index in [4.69, 9.17) is 0 Å². The third-order valence-corrected chi connectivity index (χ3v) is 6.09. The number of nitrogens with zero attached hydrogens (tertiary/aromatic N) is 3. The summed E-state index contributed by atoms with van der Waals surface area (Å²) in [7, 11) is -3.17. The smallest absolute Gasteiger partial charge is 0.273 e. The van der Waals surface area contributed by atoms with E-state index in [1.54, 1.807) is 10.3 Å². The lowest BCUT2D eigenvalue weighted by atomic mass is 10.1. The number of hydrogen-bond donors (Lipinski definition) is 0. The molecule has 20 heavy (non-hydrogen) atoms. The van der Waals surface area contributed by atoms with Crippen LogP contribution in [0.5, 0.6) is 0 Å². The lowest BCUT2D eigenvalue weighted by molar-refractivity contribution is 0.0727. The average molecular weight is 315 g/mol. The summed E-state index contributed by atoms with van der Waals surface area (Å²) in [5.74, 6) is 0.186. The molecule has 2 fully saturated rings. The predicted molar refractivity (Wildman–Crippen MR) is 76.2 cm³/mol. The number of likely N-dealkylation sites (tertiary alicyclic amines) is 1. The molecule has 0 spiro atoms. The van der Waals surface area contributed by atoms with E-state index in [0.717, 1.165) is 11.4 Å². The Morgan fingerprint density at radius 2 is 2.20 bits per heavy atom. The molecule has 0 saturated carbocycles. The Labute approximate surface area is 122 Å². The molecule has 1 aromatic rings. The van der Waals surface area contributed by atoms with Gasteiger partial charge >= 0.3 is 0 Å². The average Bonchev–Trinajstić information content (AvgIpc) is 2.99. The minimum atomic E-state index is -3.17. The van der Waals surface area contributed by atoms with Crippen molar-refractivity contribution in [3.63, 3.8) is 0 Å². The van der Waals surface area contributed by atoms with Gasteiger partial charge in [0.2, 0.25) is 10.0 Å². The number of thiazole rings is 1. The molecular weight excluding hydrogens is 298 g/mol. The van der Waals surface area contributed by atoms with E-state index >= 15 is 0 Å². The first kappa shape index (κ1) is 14.0. The molecule has 0 unspecified atom stereocenters. The van der Waals surface area contributed by atoms with E-state index in [2.05, 4.69) is 4.98 Å². The Morgan fingerprint density at radius 1 is 1.45 bits per heavy atom. The van der Waals surface area contributed by atoms with Gasteiger partial charge in [-0.3, -0.25) is 4.79 Å². The molecular formula is C12H17N3O3S2. The minimum Gasteiger partial charge on any atom is -0.333 e. The number of rotatable bonds is 2. The minimum absolute atomic E-state index is 0.000712. The Morgan fingerprint density at radius 3 is 2.80 bits per heavy atom. The first-order valence-corrected chi connectivity index (χ1v) is 9.27. The summed E-state index contributed by atoms with van der Waals surface area (Å²) >= 11 is 1.46. The molecule has 0 aliphatic carbocycles. The van der Waals surface area contributed by atoms with Gasteiger partial charge in [-0.15, -0.1) is 11.3 Å². The van der Waals surface area contributed by atoms with E-state index in [9.17, 15) is 13.2 Å². The number of carbonyl (C=O) groups is 1. The highest BCUT2D eigenvalue weighted by Crippen LogP contribution is 2.33. The van der Waals surface area contributed by atoms with Crippen LogP contribution in [0.25, 0.3) is 0 Å². The van der Waals surface area contributed by atoms with Crippen LogP contribution < -0.4 is 0 Å². The monoisotopic (exact) mass is 315 g/mol. The summed E-state index contributed by atoms with van der Waals surface area (Å²) < 4.78 is 24.7. The Kier molecular flexibility index (Phi) is 3.34. The molecule has 0 N–H and O–H groups in total. The lowest BCUT2D eigenvalue weighted by Crippen LogP contribution is -2.40. The third-order valence-electron chi connectivity index (χ3n) is 4.08. The van der Waals surface area contributed by atoms with Gasteiger partial charge in [0, 0.05) is 31.1 Å². The molecule has 110 valence electrons. The van der Waals surface area contributed by atoms with Crippen LogP contribution in [0.1, 0.15) is 21.9 Å². The maximum Gasteiger partial charge on any atom is 0.273 e. The van der Waals surface area contributed by atoms with Gasteiger partial charge in [-0.2, -0.15) is 4.31 Å². The molecule has 2 aliphatic heterocycles. The molecule has 2 aliphatic rings. The zero-order valence-electron chi connectivity index (χ0n) is 11.4. The largest absolute Gasteiger partial charge is 0.333 e. The third kappa shape index (κ3) is 2.36. The van der Waals surface area contributed by atoms with Gasteiger partial charge < -0.3 is 4.90 Å². The van der Waals surface area contributed by atoms with Crippen molar-refractivity contribution in [2.24, 2.45) is 5.92 Å². The molecule has 1 aromatic heterocycles. The molecule has 3 rings (SSSR count). The van der Waals surface area contributed by atoms with Crippen molar-refractivity contribution in [2.45, 2.75) is 19.4 Å². The first-order valence-electron chi connectivity index (χ1n) is 6.54. The van der Waals surface area contributed by atoms with Crippen LogP contribution in [0, 0.1) is 12.8 Å². The summed E-state index contributed by atoms with van der Waals surface area (Å²) in [6.45, 7) is 3.51. The van der Waals surface area contributed by atoms with E-state index in [1.165, 1.54) is 21.9 Å². The lowest BCUT2D eigenvalue weighted by Gasteiger charge is -2.23. The van der Waals surface area contributed by atoms with Gasteiger partial charge in [-0.05, 0) is 19.3 Å². The highest BCUT2D eigenvalue weighted by molar-refractivity contribution is 7.88. The number of hydrogen-bond acceptors (Lipinski definition) is 5. The fourth-order valence-electron chi connectivity index (χ4n) is 3.05. The molecule has 2 atom stereocenters. The van der Waals surface area contributed by atoms with Crippen LogP contribution >= 0.6 is 11.3 Å². The zero-order valence-corrected chi connectivity index (χ0v) is 13.1. The first-order chi connectivity index (χ1) is 9.36. The summed E-state index contributed by atoms with van der Waals surface area (Å²) in [6, 6.07) is -0.000712. The normalized spacial score (nSPS) is 27.0. The fraction of sp³-hybridized carbons (Fsp3) is 0.667.